The first-order chi connectivity index (χ1) is 16.0. The largest absolute Gasteiger partial charge is 0.497 e. The second-order valence-corrected chi connectivity index (χ2v) is 7.46. The Bertz CT molecular complexity index is 1220. The molecule has 1 N–H and O–H groups in total. The van der Waals surface area contributed by atoms with Crippen LogP contribution in [0.4, 0.5) is 11.5 Å². The second kappa shape index (κ2) is 9.80. The van der Waals surface area contributed by atoms with E-state index in [-0.39, 0.29) is 13.2 Å². The maximum atomic E-state index is 10.5. The van der Waals surface area contributed by atoms with E-state index in [9.17, 15) is 5.11 Å². The molecule has 0 bridgehead atoms. The number of aliphatic hydroxyl groups excluding tert-OH is 1. The summed E-state index contributed by atoms with van der Waals surface area (Å²) in [6.45, 7) is 0.411. The van der Waals surface area contributed by atoms with Crippen molar-refractivity contribution in [2.45, 2.75) is 6.10 Å². The fraction of sp³-hybridized carbons (Fsp3) is 0.304. The van der Waals surface area contributed by atoms with Crippen LogP contribution in [-0.2, 0) is 11.8 Å². The fourth-order valence-corrected chi connectivity index (χ4v) is 3.47. The van der Waals surface area contributed by atoms with Gasteiger partial charge in [-0.25, -0.2) is 9.97 Å². The van der Waals surface area contributed by atoms with Gasteiger partial charge >= 0.3 is 0 Å². The monoisotopic (exact) mass is 450 g/mol. The SMILES string of the molecule is COCC(O)CN(c1cc(OC)cc(OC)c1)c1ccc2ncc(-c3cnn(C)c3)nc2n1. The van der Waals surface area contributed by atoms with Gasteiger partial charge in [0.2, 0.25) is 0 Å². The first-order valence-electron chi connectivity index (χ1n) is 10.3. The molecule has 1 unspecified atom stereocenters. The molecule has 3 aromatic heterocycles. The molecule has 10 nitrogen and oxygen atoms in total. The molecular formula is C23H26N6O4. The molecule has 4 rings (SSSR count). The number of nitrogens with zero attached hydrogens (tertiary/aromatic N) is 6. The third-order valence-electron chi connectivity index (χ3n) is 5.07. The number of rotatable bonds is 9. The molecule has 0 radical (unpaired) electrons. The summed E-state index contributed by atoms with van der Waals surface area (Å²) >= 11 is 0. The Balaban J connectivity index is 1.79. The summed E-state index contributed by atoms with van der Waals surface area (Å²) in [5.41, 5.74) is 3.41. The van der Waals surface area contributed by atoms with Gasteiger partial charge in [-0.2, -0.15) is 5.10 Å². The minimum Gasteiger partial charge on any atom is -0.497 e. The number of ether oxygens (including phenoxy) is 3. The van der Waals surface area contributed by atoms with Crippen molar-refractivity contribution in [1.82, 2.24) is 24.7 Å². The maximum absolute atomic E-state index is 10.5. The number of hydrogen-bond donors (Lipinski definition) is 1. The van der Waals surface area contributed by atoms with Gasteiger partial charge in [0.15, 0.2) is 5.65 Å². The Labute approximate surface area is 191 Å². The first-order valence-corrected chi connectivity index (χ1v) is 10.3. The van der Waals surface area contributed by atoms with Gasteiger partial charge in [-0.3, -0.25) is 9.67 Å². The summed E-state index contributed by atoms with van der Waals surface area (Å²) in [5.74, 6) is 1.83. The third kappa shape index (κ3) is 5.02. The average Bonchev–Trinajstić information content (AvgIpc) is 3.27. The Morgan fingerprint density at radius 1 is 1.03 bits per heavy atom. The number of anilines is 2. The van der Waals surface area contributed by atoms with Crippen molar-refractivity contribution in [1.29, 1.82) is 0 Å². The fourth-order valence-electron chi connectivity index (χ4n) is 3.47. The van der Waals surface area contributed by atoms with Gasteiger partial charge in [0.25, 0.3) is 0 Å². The van der Waals surface area contributed by atoms with Gasteiger partial charge in [-0.05, 0) is 12.1 Å². The molecule has 172 valence electrons. The number of benzene rings is 1. The predicted octanol–water partition coefficient (Wildman–Crippen LogP) is 2.59. The highest BCUT2D eigenvalue weighted by molar-refractivity contribution is 5.77. The second-order valence-electron chi connectivity index (χ2n) is 7.46. The molecular weight excluding hydrogens is 424 g/mol. The van der Waals surface area contributed by atoms with Crippen LogP contribution in [0, 0.1) is 0 Å². The Morgan fingerprint density at radius 2 is 1.79 bits per heavy atom. The molecule has 3 heterocycles. The number of methoxy groups -OCH3 is 3. The number of hydrogen-bond acceptors (Lipinski definition) is 9. The van der Waals surface area contributed by atoms with Gasteiger partial charge < -0.3 is 24.2 Å². The summed E-state index contributed by atoms with van der Waals surface area (Å²) in [6.07, 6.45) is 4.55. The Morgan fingerprint density at radius 3 is 2.42 bits per heavy atom. The minimum absolute atomic E-state index is 0.177. The van der Waals surface area contributed by atoms with Gasteiger partial charge in [0, 0.05) is 49.8 Å². The van der Waals surface area contributed by atoms with Crippen LogP contribution in [0.25, 0.3) is 22.4 Å². The summed E-state index contributed by atoms with van der Waals surface area (Å²) in [4.78, 5) is 15.8. The number of fused-ring (bicyclic) bond motifs is 1. The lowest BCUT2D eigenvalue weighted by atomic mass is 10.2. The zero-order valence-electron chi connectivity index (χ0n) is 19.0. The van der Waals surface area contributed by atoms with Crippen molar-refractivity contribution in [2.75, 3.05) is 39.4 Å². The van der Waals surface area contributed by atoms with Crippen LogP contribution in [0.15, 0.2) is 48.9 Å². The maximum Gasteiger partial charge on any atom is 0.180 e. The average molecular weight is 450 g/mol. The summed E-state index contributed by atoms with van der Waals surface area (Å²) in [7, 11) is 6.57. The van der Waals surface area contributed by atoms with Gasteiger partial charge in [0.1, 0.15) is 22.8 Å². The molecule has 10 heteroatoms. The molecule has 0 aliphatic carbocycles. The Kier molecular flexibility index (Phi) is 6.66. The lowest BCUT2D eigenvalue weighted by Crippen LogP contribution is -2.32. The van der Waals surface area contributed by atoms with Crippen LogP contribution in [0.3, 0.4) is 0 Å². The summed E-state index contributed by atoms with van der Waals surface area (Å²) in [6, 6.07) is 9.18. The number of pyridine rings is 1. The molecule has 4 aromatic rings. The van der Waals surface area contributed by atoms with Crippen LogP contribution < -0.4 is 14.4 Å². The summed E-state index contributed by atoms with van der Waals surface area (Å²) in [5, 5.41) is 14.7. The molecule has 0 aliphatic heterocycles. The van der Waals surface area contributed by atoms with Crippen LogP contribution in [0.2, 0.25) is 0 Å². The molecule has 0 aliphatic rings. The van der Waals surface area contributed by atoms with E-state index in [4.69, 9.17) is 19.2 Å². The topological polar surface area (TPSA) is 108 Å². The van der Waals surface area contributed by atoms with Crippen molar-refractivity contribution in [3.63, 3.8) is 0 Å². The number of aryl methyl sites for hydroxylation is 1. The molecule has 1 atom stereocenters. The smallest absolute Gasteiger partial charge is 0.180 e. The van der Waals surface area contributed by atoms with Crippen molar-refractivity contribution >= 4 is 22.7 Å². The van der Waals surface area contributed by atoms with Crippen molar-refractivity contribution in [3.8, 4) is 22.8 Å². The highest BCUT2D eigenvalue weighted by Crippen LogP contribution is 2.33. The third-order valence-corrected chi connectivity index (χ3v) is 5.07. The number of aromatic nitrogens is 5. The van der Waals surface area contributed by atoms with Crippen molar-refractivity contribution in [2.24, 2.45) is 7.05 Å². The van der Waals surface area contributed by atoms with Crippen molar-refractivity contribution in [3.05, 3.63) is 48.9 Å². The van der Waals surface area contributed by atoms with Crippen LogP contribution >= 0.6 is 0 Å². The van der Waals surface area contributed by atoms with E-state index in [0.29, 0.717) is 34.2 Å². The lowest BCUT2D eigenvalue weighted by Gasteiger charge is -2.27. The zero-order valence-corrected chi connectivity index (χ0v) is 19.0. The van der Waals surface area contributed by atoms with E-state index < -0.39 is 6.10 Å². The molecule has 0 saturated heterocycles. The molecule has 0 spiro atoms. The quantitative estimate of drug-likeness (QED) is 0.412. The highest BCUT2D eigenvalue weighted by Gasteiger charge is 2.19. The van der Waals surface area contributed by atoms with Crippen molar-refractivity contribution < 1.29 is 19.3 Å². The zero-order chi connectivity index (χ0) is 23.4. The summed E-state index contributed by atoms with van der Waals surface area (Å²) < 4.78 is 17.7. The molecule has 0 amide bonds. The van der Waals surface area contributed by atoms with E-state index in [1.807, 2.05) is 42.4 Å². The van der Waals surface area contributed by atoms with Crippen LogP contribution in [-0.4, -0.2) is 70.4 Å². The van der Waals surface area contributed by atoms with Gasteiger partial charge in [-0.1, -0.05) is 0 Å². The normalized spacial score (nSPS) is 12.0. The van der Waals surface area contributed by atoms with E-state index in [2.05, 4.69) is 15.1 Å². The molecule has 33 heavy (non-hydrogen) atoms. The number of aliphatic hydroxyl groups is 1. The lowest BCUT2D eigenvalue weighted by molar-refractivity contribution is 0.0701. The van der Waals surface area contributed by atoms with E-state index in [1.54, 1.807) is 44.5 Å². The van der Waals surface area contributed by atoms with Gasteiger partial charge in [0.05, 0.1) is 51.6 Å². The predicted molar refractivity (Wildman–Crippen MR) is 124 cm³/mol. The Hall–Kier alpha value is -3.76. The van der Waals surface area contributed by atoms with E-state index in [1.165, 1.54) is 0 Å². The van der Waals surface area contributed by atoms with Crippen LogP contribution in [0.5, 0.6) is 11.5 Å². The van der Waals surface area contributed by atoms with Gasteiger partial charge in [-0.15, -0.1) is 0 Å². The first kappa shape index (κ1) is 22.4. The molecule has 0 fully saturated rings. The standard InChI is InChI=1S/C23H26N6O4/c1-28-12-15(10-25-28)21-11-24-20-5-6-22(27-23(20)26-21)29(13-17(30)14-31-2)16-7-18(32-3)9-19(8-16)33-4/h5-12,17,30H,13-14H2,1-4H3. The van der Waals surface area contributed by atoms with Crippen LogP contribution in [0.1, 0.15) is 0 Å². The molecule has 0 saturated carbocycles. The minimum atomic E-state index is -0.752. The van der Waals surface area contributed by atoms with E-state index >= 15 is 0 Å². The molecule has 1 aromatic carbocycles. The highest BCUT2D eigenvalue weighted by atomic mass is 16.5. The van der Waals surface area contributed by atoms with E-state index in [0.717, 1.165) is 11.3 Å².